The molecule has 1 aliphatic rings. The van der Waals surface area contributed by atoms with Gasteiger partial charge in [0.15, 0.2) is 0 Å². The van der Waals surface area contributed by atoms with E-state index in [1.54, 1.807) is 55.6 Å². The summed E-state index contributed by atoms with van der Waals surface area (Å²) in [7, 11) is 3.06. The van der Waals surface area contributed by atoms with Crippen LogP contribution < -0.4 is 19.7 Å². The van der Waals surface area contributed by atoms with Crippen LogP contribution in [0.25, 0.3) is 6.08 Å². The van der Waals surface area contributed by atoms with Crippen molar-refractivity contribution in [2.24, 2.45) is 0 Å². The van der Waals surface area contributed by atoms with Crippen molar-refractivity contribution in [3.63, 3.8) is 0 Å². The van der Waals surface area contributed by atoms with Crippen LogP contribution in [0.4, 0.5) is 10.5 Å². The van der Waals surface area contributed by atoms with Crippen molar-refractivity contribution in [3.8, 4) is 11.5 Å². The lowest BCUT2D eigenvalue weighted by Crippen LogP contribution is -2.54. The molecule has 1 aliphatic heterocycles. The van der Waals surface area contributed by atoms with Crippen molar-refractivity contribution in [1.29, 1.82) is 0 Å². The van der Waals surface area contributed by atoms with Gasteiger partial charge in [0.2, 0.25) is 0 Å². The van der Waals surface area contributed by atoms with Crippen molar-refractivity contribution in [1.82, 2.24) is 5.32 Å². The van der Waals surface area contributed by atoms with Crippen molar-refractivity contribution in [3.05, 3.63) is 59.7 Å². The number of imide groups is 2. The van der Waals surface area contributed by atoms with E-state index in [-0.39, 0.29) is 5.57 Å². The molecule has 2 aromatic carbocycles. The summed E-state index contributed by atoms with van der Waals surface area (Å²) in [5.41, 5.74) is 0.834. The summed E-state index contributed by atoms with van der Waals surface area (Å²) in [6, 6.07) is 12.4. The summed E-state index contributed by atoms with van der Waals surface area (Å²) in [6.07, 6.45) is 1.43. The van der Waals surface area contributed by atoms with Crippen LogP contribution in [0.15, 0.2) is 54.1 Å². The average Bonchev–Trinajstić information content (AvgIpc) is 2.66. The SMILES string of the molecule is COc1ccc(/C=C2/C(=O)NC(=O)N(c3ccc(OC)cc3)C2=O)cc1. The van der Waals surface area contributed by atoms with Gasteiger partial charge in [-0.2, -0.15) is 0 Å². The predicted molar refractivity (Wildman–Crippen MR) is 95.0 cm³/mol. The molecule has 1 N–H and O–H groups in total. The third-order valence-electron chi connectivity index (χ3n) is 3.86. The van der Waals surface area contributed by atoms with E-state index in [9.17, 15) is 14.4 Å². The van der Waals surface area contributed by atoms with Crippen LogP contribution >= 0.6 is 0 Å². The number of carbonyl (C=O) groups excluding carboxylic acids is 3. The number of amides is 4. The second kappa shape index (κ2) is 7.10. The van der Waals surface area contributed by atoms with Crippen LogP contribution in [-0.4, -0.2) is 32.1 Å². The van der Waals surface area contributed by atoms with Crippen molar-refractivity contribution in [2.45, 2.75) is 0 Å². The molecule has 0 saturated carbocycles. The molecule has 3 rings (SSSR count). The molecule has 1 fully saturated rings. The number of methoxy groups -OCH3 is 2. The molecule has 0 aromatic heterocycles. The minimum atomic E-state index is -0.794. The molecule has 7 heteroatoms. The fraction of sp³-hybridized carbons (Fsp3) is 0.105. The number of barbiturate groups is 1. The Morgan fingerprint density at radius 2 is 1.38 bits per heavy atom. The zero-order valence-corrected chi connectivity index (χ0v) is 14.2. The molecule has 1 saturated heterocycles. The van der Waals surface area contributed by atoms with E-state index in [2.05, 4.69) is 5.32 Å². The molecule has 132 valence electrons. The predicted octanol–water partition coefficient (Wildman–Crippen LogP) is 2.37. The highest BCUT2D eigenvalue weighted by Crippen LogP contribution is 2.24. The van der Waals surface area contributed by atoms with Gasteiger partial charge in [-0.1, -0.05) is 12.1 Å². The van der Waals surface area contributed by atoms with Crippen LogP contribution in [0.3, 0.4) is 0 Å². The second-order valence-electron chi connectivity index (χ2n) is 5.43. The molecule has 2 aromatic rings. The number of ether oxygens (including phenoxy) is 2. The first-order valence-electron chi connectivity index (χ1n) is 7.73. The lowest BCUT2D eigenvalue weighted by Gasteiger charge is -2.26. The topological polar surface area (TPSA) is 84.9 Å². The maximum absolute atomic E-state index is 12.7. The molecular weight excluding hydrogens is 336 g/mol. The van der Waals surface area contributed by atoms with Crippen molar-refractivity contribution >= 4 is 29.6 Å². The summed E-state index contributed by atoms with van der Waals surface area (Å²) in [4.78, 5) is 37.9. The fourth-order valence-corrected chi connectivity index (χ4v) is 2.49. The second-order valence-corrected chi connectivity index (χ2v) is 5.43. The number of nitrogens with zero attached hydrogens (tertiary/aromatic N) is 1. The average molecular weight is 352 g/mol. The van der Waals surface area contributed by atoms with Gasteiger partial charge in [-0.05, 0) is 48.0 Å². The minimum absolute atomic E-state index is 0.134. The third kappa shape index (κ3) is 3.27. The third-order valence-corrected chi connectivity index (χ3v) is 3.86. The highest BCUT2D eigenvalue weighted by atomic mass is 16.5. The molecule has 0 radical (unpaired) electrons. The van der Waals surface area contributed by atoms with E-state index >= 15 is 0 Å². The minimum Gasteiger partial charge on any atom is -0.497 e. The van der Waals surface area contributed by atoms with Gasteiger partial charge >= 0.3 is 6.03 Å². The molecule has 7 nitrogen and oxygen atoms in total. The first-order valence-corrected chi connectivity index (χ1v) is 7.73. The quantitative estimate of drug-likeness (QED) is 0.674. The van der Waals surface area contributed by atoms with Crippen LogP contribution in [-0.2, 0) is 9.59 Å². The number of urea groups is 1. The van der Waals surface area contributed by atoms with Crippen LogP contribution in [0.5, 0.6) is 11.5 Å². The van der Waals surface area contributed by atoms with Gasteiger partial charge in [0.25, 0.3) is 11.8 Å². The summed E-state index contributed by atoms with van der Waals surface area (Å²) in [5.74, 6) is -0.189. The normalized spacial score (nSPS) is 15.8. The van der Waals surface area contributed by atoms with Gasteiger partial charge in [0, 0.05) is 0 Å². The van der Waals surface area contributed by atoms with E-state index in [0.717, 1.165) is 4.90 Å². The van der Waals surface area contributed by atoms with E-state index in [1.165, 1.54) is 13.2 Å². The van der Waals surface area contributed by atoms with Gasteiger partial charge < -0.3 is 9.47 Å². The number of benzene rings is 2. The molecule has 26 heavy (non-hydrogen) atoms. The van der Waals surface area contributed by atoms with Gasteiger partial charge in [-0.3, -0.25) is 14.9 Å². The van der Waals surface area contributed by atoms with E-state index in [1.807, 2.05) is 0 Å². The largest absolute Gasteiger partial charge is 0.497 e. The van der Waals surface area contributed by atoms with Gasteiger partial charge in [-0.15, -0.1) is 0 Å². The van der Waals surface area contributed by atoms with Crippen LogP contribution in [0.2, 0.25) is 0 Å². The molecular formula is C19H16N2O5. The first kappa shape index (κ1) is 17.2. The Kier molecular flexibility index (Phi) is 4.70. The Morgan fingerprint density at radius 1 is 0.846 bits per heavy atom. The monoisotopic (exact) mass is 352 g/mol. The maximum atomic E-state index is 12.7. The molecule has 0 bridgehead atoms. The highest BCUT2D eigenvalue weighted by Gasteiger charge is 2.36. The standard InChI is InChI=1S/C19H16N2O5/c1-25-14-7-3-12(4-8-14)11-16-17(22)20-19(24)21(18(16)23)13-5-9-15(26-2)10-6-13/h3-11H,1-2H3,(H,20,22,24)/b16-11-. The summed E-state index contributed by atoms with van der Waals surface area (Å²) >= 11 is 0. The number of hydrogen-bond acceptors (Lipinski definition) is 5. The molecule has 1 heterocycles. The summed E-state index contributed by atoms with van der Waals surface area (Å²) in [6.45, 7) is 0. The van der Waals surface area contributed by atoms with Crippen LogP contribution in [0, 0.1) is 0 Å². The molecule has 0 aliphatic carbocycles. The van der Waals surface area contributed by atoms with Crippen molar-refractivity contribution < 1.29 is 23.9 Å². The Morgan fingerprint density at radius 3 is 1.92 bits per heavy atom. The number of rotatable bonds is 4. The lowest BCUT2D eigenvalue weighted by molar-refractivity contribution is -0.122. The summed E-state index contributed by atoms with van der Waals surface area (Å²) in [5, 5.41) is 2.18. The maximum Gasteiger partial charge on any atom is 0.335 e. The Hall–Kier alpha value is -3.61. The Labute approximate surface area is 149 Å². The highest BCUT2D eigenvalue weighted by molar-refractivity contribution is 6.39. The van der Waals surface area contributed by atoms with E-state index in [0.29, 0.717) is 22.7 Å². The molecule has 4 amide bonds. The van der Waals surface area contributed by atoms with E-state index < -0.39 is 17.8 Å². The lowest BCUT2D eigenvalue weighted by atomic mass is 10.1. The number of nitrogens with one attached hydrogen (secondary N) is 1. The summed E-state index contributed by atoms with van der Waals surface area (Å²) < 4.78 is 10.1. The fourth-order valence-electron chi connectivity index (χ4n) is 2.49. The van der Waals surface area contributed by atoms with E-state index in [4.69, 9.17) is 9.47 Å². The first-order chi connectivity index (χ1) is 12.5. The van der Waals surface area contributed by atoms with Gasteiger partial charge in [-0.25, -0.2) is 9.69 Å². The van der Waals surface area contributed by atoms with Crippen molar-refractivity contribution in [2.75, 3.05) is 19.1 Å². The van der Waals surface area contributed by atoms with Gasteiger partial charge in [0.05, 0.1) is 19.9 Å². The molecule has 0 unspecified atom stereocenters. The van der Waals surface area contributed by atoms with Gasteiger partial charge in [0.1, 0.15) is 17.1 Å². The number of carbonyl (C=O) groups is 3. The zero-order chi connectivity index (χ0) is 18.7. The Bertz CT molecular complexity index is 885. The molecule has 0 atom stereocenters. The number of anilines is 1. The smallest absolute Gasteiger partial charge is 0.335 e. The Balaban J connectivity index is 1.95. The number of hydrogen-bond donors (Lipinski definition) is 1. The zero-order valence-electron chi connectivity index (χ0n) is 14.2. The molecule has 0 spiro atoms. The van der Waals surface area contributed by atoms with Crippen LogP contribution in [0.1, 0.15) is 5.56 Å².